The first-order chi connectivity index (χ1) is 12.6. The first-order valence-corrected chi connectivity index (χ1v) is 11.4. The highest BCUT2D eigenvalue weighted by Gasteiger charge is 2.23. The van der Waals surface area contributed by atoms with Gasteiger partial charge in [-0.15, -0.1) is 0 Å². The molecule has 2 nitrogen and oxygen atoms in total. The summed E-state index contributed by atoms with van der Waals surface area (Å²) in [6.45, 7) is 4.17. The summed E-state index contributed by atoms with van der Waals surface area (Å²) in [4.78, 5) is 0. The van der Waals surface area contributed by atoms with E-state index >= 15 is 0 Å². The van der Waals surface area contributed by atoms with Gasteiger partial charge in [0, 0.05) is 5.92 Å². The predicted molar refractivity (Wildman–Crippen MR) is 111 cm³/mol. The maximum absolute atomic E-state index is 10.4. The number of hydrogen-bond acceptors (Lipinski definition) is 2. The second kappa shape index (κ2) is 12.0. The van der Waals surface area contributed by atoms with Gasteiger partial charge in [-0.05, 0) is 83.0 Å². The average Bonchev–Trinajstić information content (AvgIpc) is 3.33. The van der Waals surface area contributed by atoms with Gasteiger partial charge in [0.15, 0.2) is 0 Å². The Kier molecular flexibility index (Phi) is 9.99. The lowest BCUT2D eigenvalue weighted by molar-refractivity contribution is 0.114. The van der Waals surface area contributed by atoms with Crippen LogP contribution in [0.2, 0.25) is 0 Å². The van der Waals surface area contributed by atoms with Crippen molar-refractivity contribution in [3.8, 4) is 0 Å². The number of rotatable bonds is 13. The van der Waals surface area contributed by atoms with Gasteiger partial charge in [-0.3, -0.25) is 0 Å². The monoisotopic (exact) mass is 362 g/mol. The van der Waals surface area contributed by atoms with Crippen molar-refractivity contribution in [3.05, 3.63) is 23.3 Å². The van der Waals surface area contributed by atoms with Gasteiger partial charge in [0.1, 0.15) is 0 Å². The van der Waals surface area contributed by atoms with Gasteiger partial charge in [-0.25, -0.2) is 0 Å². The van der Waals surface area contributed by atoms with Crippen LogP contribution in [0.4, 0.5) is 0 Å². The summed E-state index contributed by atoms with van der Waals surface area (Å²) in [5.41, 5.74) is 3.20. The molecule has 2 aliphatic carbocycles. The SMILES string of the molecule is CCC(O)CCCCC1C=C(CCCC(C2=CCCC2)C(O)CC)CC1. The molecule has 0 fully saturated rings. The number of hydrogen-bond donors (Lipinski definition) is 2. The Bertz CT molecular complexity index is 451. The van der Waals surface area contributed by atoms with Crippen LogP contribution < -0.4 is 0 Å². The van der Waals surface area contributed by atoms with Crippen molar-refractivity contribution in [1.29, 1.82) is 0 Å². The van der Waals surface area contributed by atoms with E-state index in [0.29, 0.717) is 5.92 Å². The lowest BCUT2D eigenvalue weighted by Gasteiger charge is -2.23. The molecule has 2 aliphatic rings. The van der Waals surface area contributed by atoms with E-state index in [9.17, 15) is 10.2 Å². The maximum atomic E-state index is 10.4. The smallest absolute Gasteiger partial charge is 0.0602 e. The molecule has 0 aliphatic heterocycles. The van der Waals surface area contributed by atoms with E-state index < -0.39 is 0 Å². The van der Waals surface area contributed by atoms with Crippen molar-refractivity contribution in [2.24, 2.45) is 11.8 Å². The lowest BCUT2D eigenvalue weighted by Crippen LogP contribution is -2.21. The minimum absolute atomic E-state index is 0.0916. The van der Waals surface area contributed by atoms with Gasteiger partial charge in [-0.2, -0.15) is 0 Å². The summed E-state index contributed by atoms with van der Waals surface area (Å²) in [7, 11) is 0. The zero-order valence-electron chi connectivity index (χ0n) is 17.3. The van der Waals surface area contributed by atoms with Crippen molar-refractivity contribution in [3.63, 3.8) is 0 Å². The second-order valence-electron chi connectivity index (χ2n) is 8.62. The second-order valence-corrected chi connectivity index (χ2v) is 8.62. The standard InChI is InChI=1S/C24H42O2/c1-3-22(25)14-8-5-10-19-16-17-20(18-19)11-9-15-23(24(26)4-2)21-12-6-7-13-21/h12,18-19,22-26H,3-11,13-17H2,1-2H3. The summed E-state index contributed by atoms with van der Waals surface area (Å²) < 4.78 is 0. The van der Waals surface area contributed by atoms with Crippen LogP contribution in [0.3, 0.4) is 0 Å². The molecule has 150 valence electrons. The Labute approximate surface area is 161 Å². The molecule has 0 bridgehead atoms. The van der Waals surface area contributed by atoms with Crippen LogP contribution >= 0.6 is 0 Å². The van der Waals surface area contributed by atoms with Crippen LogP contribution in [0.15, 0.2) is 23.3 Å². The van der Waals surface area contributed by atoms with Gasteiger partial charge < -0.3 is 10.2 Å². The summed E-state index contributed by atoms with van der Waals surface area (Å²) >= 11 is 0. The molecule has 0 spiro atoms. The number of unbranched alkanes of at least 4 members (excludes halogenated alkanes) is 1. The largest absolute Gasteiger partial charge is 0.393 e. The van der Waals surface area contributed by atoms with Crippen molar-refractivity contribution in [2.45, 2.75) is 116 Å². The van der Waals surface area contributed by atoms with E-state index in [-0.39, 0.29) is 12.2 Å². The van der Waals surface area contributed by atoms with E-state index in [1.807, 2.05) is 0 Å². The fourth-order valence-electron chi connectivity index (χ4n) is 4.79. The van der Waals surface area contributed by atoms with Crippen LogP contribution in [0, 0.1) is 11.8 Å². The molecular formula is C24H42O2. The molecule has 26 heavy (non-hydrogen) atoms. The van der Waals surface area contributed by atoms with Gasteiger partial charge in [0.2, 0.25) is 0 Å². The van der Waals surface area contributed by atoms with Gasteiger partial charge >= 0.3 is 0 Å². The molecule has 0 saturated heterocycles. The Hall–Kier alpha value is -0.600. The van der Waals surface area contributed by atoms with Crippen LogP contribution in [0.25, 0.3) is 0 Å². The summed E-state index contributed by atoms with van der Waals surface area (Å²) in [5, 5.41) is 20.1. The molecule has 0 heterocycles. The molecule has 2 rings (SSSR count). The van der Waals surface area contributed by atoms with Crippen molar-refractivity contribution < 1.29 is 10.2 Å². The third-order valence-electron chi connectivity index (χ3n) is 6.59. The zero-order chi connectivity index (χ0) is 18.8. The molecule has 0 aromatic rings. The summed E-state index contributed by atoms with van der Waals surface area (Å²) in [5.74, 6) is 1.18. The molecule has 0 radical (unpaired) electrons. The van der Waals surface area contributed by atoms with Crippen LogP contribution in [-0.2, 0) is 0 Å². The van der Waals surface area contributed by atoms with Crippen LogP contribution in [0.1, 0.15) is 104 Å². The Morgan fingerprint density at radius 1 is 1.04 bits per heavy atom. The minimum Gasteiger partial charge on any atom is -0.393 e. The summed E-state index contributed by atoms with van der Waals surface area (Å²) in [6, 6.07) is 0. The fraction of sp³-hybridized carbons (Fsp3) is 0.833. The molecular weight excluding hydrogens is 320 g/mol. The molecule has 2 heteroatoms. The molecule has 0 amide bonds. The first kappa shape index (κ1) is 21.7. The van der Waals surface area contributed by atoms with Crippen LogP contribution in [-0.4, -0.2) is 22.4 Å². The molecule has 0 aromatic heterocycles. The number of aliphatic hydroxyl groups is 2. The molecule has 4 atom stereocenters. The molecule has 0 aromatic carbocycles. The van der Waals surface area contributed by atoms with Crippen LogP contribution in [0.5, 0.6) is 0 Å². The van der Waals surface area contributed by atoms with Gasteiger partial charge in [-0.1, -0.05) is 50.0 Å². The molecule has 4 unspecified atom stereocenters. The Morgan fingerprint density at radius 3 is 2.58 bits per heavy atom. The van der Waals surface area contributed by atoms with E-state index in [4.69, 9.17) is 0 Å². The van der Waals surface area contributed by atoms with Gasteiger partial charge in [0.25, 0.3) is 0 Å². The highest BCUT2D eigenvalue weighted by atomic mass is 16.3. The van der Waals surface area contributed by atoms with E-state index in [1.54, 1.807) is 5.57 Å². The van der Waals surface area contributed by atoms with E-state index in [0.717, 1.165) is 31.6 Å². The Morgan fingerprint density at radius 2 is 1.88 bits per heavy atom. The lowest BCUT2D eigenvalue weighted by atomic mass is 9.86. The van der Waals surface area contributed by atoms with Gasteiger partial charge in [0.05, 0.1) is 12.2 Å². The average molecular weight is 363 g/mol. The third-order valence-corrected chi connectivity index (χ3v) is 6.59. The first-order valence-electron chi connectivity index (χ1n) is 11.4. The minimum atomic E-state index is -0.150. The highest BCUT2D eigenvalue weighted by Crippen LogP contribution is 2.35. The molecule has 2 N–H and O–H groups in total. The quantitative estimate of drug-likeness (QED) is 0.297. The summed E-state index contributed by atoms with van der Waals surface area (Å²) in [6.07, 6.45) is 21.1. The number of allylic oxidation sites excluding steroid dienone is 3. The number of aliphatic hydroxyl groups excluding tert-OH is 2. The van der Waals surface area contributed by atoms with E-state index in [2.05, 4.69) is 26.0 Å². The van der Waals surface area contributed by atoms with Crippen molar-refractivity contribution in [1.82, 2.24) is 0 Å². The van der Waals surface area contributed by atoms with E-state index in [1.165, 1.54) is 69.8 Å². The zero-order valence-corrected chi connectivity index (χ0v) is 17.3. The Balaban J connectivity index is 1.66. The van der Waals surface area contributed by atoms with Crippen molar-refractivity contribution >= 4 is 0 Å². The van der Waals surface area contributed by atoms with Crippen molar-refractivity contribution in [2.75, 3.05) is 0 Å². The molecule has 0 saturated carbocycles. The highest BCUT2D eigenvalue weighted by molar-refractivity contribution is 5.14. The third kappa shape index (κ3) is 7.19. The normalized spacial score (nSPS) is 23.6. The predicted octanol–water partition coefficient (Wildman–Crippen LogP) is 6.32. The topological polar surface area (TPSA) is 40.5 Å². The fourth-order valence-corrected chi connectivity index (χ4v) is 4.79. The maximum Gasteiger partial charge on any atom is 0.0602 e.